The van der Waals surface area contributed by atoms with Gasteiger partial charge >= 0.3 is 0 Å². The highest BCUT2D eigenvalue weighted by Gasteiger charge is 2.23. The first-order valence-corrected chi connectivity index (χ1v) is 7.40. The molecule has 1 aromatic rings. The fraction of sp³-hybridized carbons (Fsp3) is 0.467. The molecule has 0 unspecified atom stereocenters. The summed E-state index contributed by atoms with van der Waals surface area (Å²) >= 11 is 11.7. The molecular formula is C15H20Cl2N2O2. The molecule has 2 amide bonds. The number of benzene rings is 1. The Morgan fingerprint density at radius 2 is 1.81 bits per heavy atom. The molecule has 0 aliphatic carbocycles. The fourth-order valence-electron chi connectivity index (χ4n) is 1.99. The molecule has 0 bridgehead atoms. The fourth-order valence-corrected chi connectivity index (χ4v) is 2.28. The molecule has 1 rings (SSSR count). The van der Waals surface area contributed by atoms with Crippen LogP contribution >= 0.6 is 23.2 Å². The van der Waals surface area contributed by atoms with Gasteiger partial charge in [-0.1, -0.05) is 23.2 Å². The zero-order chi connectivity index (χ0) is 16.2. The van der Waals surface area contributed by atoms with Crippen LogP contribution in [0, 0.1) is 0 Å². The number of carbonyl (C=O) groups is 2. The topological polar surface area (TPSA) is 49.4 Å². The first kappa shape index (κ1) is 17.8. The lowest BCUT2D eigenvalue weighted by Gasteiger charge is -2.35. The Morgan fingerprint density at radius 1 is 1.19 bits per heavy atom. The number of nitrogens with one attached hydrogen (secondary N) is 1. The number of amides is 2. The number of hydrogen-bond acceptors (Lipinski definition) is 2. The van der Waals surface area contributed by atoms with Crippen molar-refractivity contribution in [3.8, 4) is 0 Å². The number of hydrogen-bond donors (Lipinski definition) is 1. The smallest absolute Gasteiger partial charge is 0.251 e. The third kappa shape index (κ3) is 5.21. The largest absolute Gasteiger partial charge is 0.350 e. The molecule has 0 heterocycles. The predicted octanol–water partition coefficient (Wildman–Crippen LogP) is 3.37. The van der Waals surface area contributed by atoms with Crippen LogP contribution in [0.1, 0.15) is 38.1 Å². The van der Waals surface area contributed by atoms with Gasteiger partial charge in [-0.15, -0.1) is 0 Å². The highest BCUT2D eigenvalue weighted by Crippen LogP contribution is 2.22. The van der Waals surface area contributed by atoms with E-state index in [-0.39, 0.29) is 17.4 Å². The standard InChI is InChI=1S/C15H20Cl2N2O2/c1-10(20)19(15(2,3)4)8-7-18-14(21)11-5-6-12(16)13(17)9-11/h5-6,9H,7-8H2,1-4H3,(H,18,21). The summed E-state index contributed by atoms with van der Waals surface area (Å²) in [6.07, 6.45) is 0. The van der Waals surface area contributed by atoms with Gasteiger partial charge in [0.2, 0.25) is 5.91 Å². The highest BCUT2D eigenvalue weighted by molar-refractivity contribution is 6.42. The first-order chi connectivity index (χ1) is 9.62. The van der Waals surface area contributed by atoms with E-state index in [1.165, 1.54) is 13.0 Å². The van der Waals surface area contributed by atoms with Crippen LogP contribution in [0.5, 0.6) is 0 Å². The predicted molar refractivity (Wildman–Crippen MR) is 85.9 cm³/mol. The van der Waals surface area contributed by atoms with Gasteiger partial charge in [-0.2, -0.15) is 0 Å². The second-order valence-corrected chi connectivity index (χ2v) is 6.54. The van der Waals surface area contributed by atoms with E-state index in [1.807, 2.05) is 20.8 Å². The van der Waals surface area contributed by atoms with E-state index < -0.39 is 0 Å². The normalized spacial score (nSPS) is 11.1. The molecule has 1 N–H and O–H groups in total. The third-order valence-corrected chi connectivity index (χ3v) is 3.73. The summed E-state index contributed by atoms with van der Waals surface area (Å²) in [5, 5.41) is 3.51. The van der Waals surface area contributed by atoms with Gasteiger partial charge in [-0.3, -0.25) is 9.59 Å². The minimum absolute atomic E-state index is 0.0220. The molecule has 0 aliphatic rings. The average Bonchev–Trinajstić information content (AvgIpc) is 2.35. The van der Waals surface area contributed by atoms with Crippen molar-refractivity contribution >= 4 is 35.0 Å². The summed E-state index contributed by atoms with van der Waals surface area (Å²) in [6.45, 7) is 8.20. The monoisotopic (exact) mass is 330 g/mol. The molecule has 0 fully saturated rings. The Hall–Kier alpha value is -1.26. The van der Waals surface area contributed by atoms with Crippen LogP contribution in [0.4, 0.5) is 0 Å². The summed E-state index contributed by atoms with van der Waals surface area (Å²) in [7, 11) is 0. The van der Waals surface area contributed by atoms with Gasteiger partial charge in [-0.25, -0.2) is 0 Å². The SMILES string of the molecule is CC(=O)N(CCNC(=O)c1ccc(Cl)c(Cl)c1)C(C)(C)C. The molecule has 0 spiro atoms. The number of nitrogens with zero attached hydrogens (tertiary/aromatic N) is 1. The second-order valence-electron chi connectivity index (χ2n) is 5.73. The lowest BCUT2D eigenvalue weighted by Crippen LogP contribution is -2.48. The van der Waals surface area contributed by atoms with Gasteiger partial charge in [0.05, 0.1) is 10.0 Å². The third-order valence-electron chi connectivity index (χ3n) is 2.99. The average molecular weight is 331 g/mol. The van der Waals surface area contributed by atoms with Gasteiger partial charge in [-0.05, 0) is 39.0 Å². The van der Waals surface area contributed by atoms with Crippen LogP contribution in [0.15, 0.2) is 18.2 Å². The van der Waals surface area contributed by atoms with E-state index in [9.17, 15) is 9.59 Å². The summed E-state index contributed by atoms with van der Waals surface area (Å²) in [5.41, 5.74) is 0.162. The summed E-state index contributed by atoms with van der Waals surface area (Å²) in [5.74, 6) is -0.266. The Balaban J connectivity index is 2.60. The van der Waals surface area contributed by atoms with Gasteiger partial charge in [0.25, 0.3) is 5.91 Å². The highest BCUT2D eigenvalue weighted by atomic mass is 35.5. The van der Waals surface area contributed by atoms with Gasteiger partial charge < -0.3 is 10.2 Å². The maximum atomic E-state index is 12.0. The van der Waals surface area contributed by atoms with Gasteiger partial charge in [0.1, 0.15) is 0 Å². The molecule has 0 aliphatic heterocycles. The van der Waals surface area contributed by atoms with Crippen LogP contribution in [0.2, 0.25) is 10.0 Å². The zero-order valence-electron chi connectivity index (χ0n) is 12.7. The van der Waals surface area contributed by atoms with Crippen molar-refractivity contribution in [1.82, 2.24) is 10.2 Å². The van der Waals surface area contributed by atoms with Crippen LogP contribution in [-0.4, -0.2) is 35.3 Å². The summed E-state index contributed by atoms with van der Waals surface area (Å²) < 4.78 is 0. The zero-order valence-corrected chi connectivity index (χ0v) is 14.2. The van der Waals surface area contributed by atoms with Crippen LogP contribution < -0.4 is 5.32 Å². The molecule has 1 aromatic carbocycles. The lowest BCUT2D eigenvalue weighted by atomic mass is 10.1. The van der Waals surface area contributed by atoms with E-state index in [4.69, 9.17) is 23.2 Å². The Bertz CT molecular complexity index is 539. The molecule has 6 heteroatoms. The molecule has 4 nitrogen and oxygen atoms in total. The molecule has 0 radical (unpaired) electrons. The Labute approximate surface area is 135 Å². The maximum absolute atomic E-state index is 12.0. The molecule has 116 valence electrons. The van der Waals surface area contributed by atoms with Crippen molar-refractivity contribution in [3.63, 3.8) is 0 Å². The number of halogens is 2. The van der Waals surface area contributed by atoms with Gasteiger partial charge in [0.15, 0.2) is 0 Å². The van der Waals surface area contributed by atoms with E-state index in [0.29, 0.717) is 28.7 Å². The van der Waals surface area contributed by atoms with Gasteiger partial charge in [0, 0.05) is 31.1 Å². The Kier molecular flexibility index (Phi) is 6.05. The van der Waals surface area contributed by atoms with E-state index in [0.717, 1.165) is 0 Å². The van der Waals surface area contributed by atoms with Crippen LogP contribution in [-0.2, 0) is 4.79 Å². The number of carbonyl (C=O) groups excluding carboxylic acids is 2. The van der Waals surface area contributed by atoms with Crippen molar-refractivity contribution < 1.29 is 9.59 Å². The molecule has 21 heavy (non-hydrogen) atoms. The molecule has 0 saturated heterocycles. The van der Waals surface area contributed by atoms with Crippen LogP contribution in [0.3, 0.4) is 0 Å². The maximum Gasteiger partial charge on any atom is 0.251 e. The van der Waals surface area contributed by atoms with E-state index in [1.54, 1.807) is 17.0 Å². The molecular weight excluding hydrogens is 311 g/mol. The second kappa shape index (κ2) is 7.14. The van der Waals surface area contributed by atoms with E-state index in [2.05, 4.69) is 5.32 Å². The van der Waals surface area contributed by atoms with Crippen molar-refractivity contribution in [2.45, 2.75) is 33.2 Å². The molecule has 0 saturated carbocycles. The van der Waals surface area contributed by atoms with Crippen molar-refractivity contribution in [2.24, 2.45) is 0 Å². The molecule has 0 atom stereocenters. The minimum atomic E-state index is -0.278. The van der Waals surface area contributed by atoms with Crippen molar-refractivity contribution in [2.75, 3.05) is 13.1 Å². The first-order valence-electron chi connectivity index (χ1n) is 6.64. The van der Waals surface area contributed by atoms with Crippen LogP contribution in [0.25, 0.3) is 0 Å². The minimum Gasteiger partial charge on any atom is -0.350 e. The quantitative estimate of drug-likeness (QED) is 0.920. The molecule has 0 aromatic heterocycles. The Morgan fingerprint density at radius 3 is 2.29 bits per heavy atom. The number of rotatable bonds is 4. The van der Waals surface area contributed by atoms with Crippen molar-refractivity contribution in [1.29, 1.82) is 0 Å². The lowest BCUT2D eigenvalue weighted by molar-refractivity contribution is -0.133. The van der Waals surface area contributed by atoms with Crippen molar-refractivity contribution in [3.05, 3.63) is 33.8 Å². The van der Waals surface area contributed by atoms with E-state index >= 15 is 0 Å². The summed E-state index contributed by atoms with van der Waals surface area (Å²) in [6, 6.07) is 4.71. The summed E-state index contributed by atoms with van der Waals surface area (Å²) in [4.78, 5) is 25.3.